The number of nitrogen functional groups attached to an aromatic ring is 1. The Bertz CT molecular complexity index is 1450. The quantitative estimate of drug-likeness (QED) is 0.277. The van der Waals surface area contributed by atoms with Gasteiger partial charge in [-0.2, -0.15) is 0 Å². The Hall–Kier alpha value is -3.82. The van der Waals surface area contributed by atoms with Gasteiger partial charge in [-0.15, -0.1) is 11.3 Å². The van der Waals surface area contributed by atoms with Crippen molar-refractivity contribution in [2.45, 2.75) is 20.5 Å². The predicted molar refractivity (Wildman–Crippen MR) is 141 cm³/mol. The number of hydrogen-bond donors (Lipinski definition) is 2. The largest absolute Gasteiger partial charge is 0.495 e. The van der Waals surface area contributed by atoms with Crippen molar-refractivity contribution >= 4 is 56.4 Å². The van der Waals surface area contributed by atoms with Crippen LogP contribution in [0.2, 0.25) is 5.02 Å². The Labute approximate surface area is 216 Å². The van der Waals surface area contributed by atoms with Gasteiger partial charge in [-0.25, -0.2) is 9.78 Å². The Morgan fingerprint density at radius 3 is 2.72 bits per heavy atom. The second-order valence-electron chi connectivity index (χ2n) is 7.76. The number of nitrogens with zero attached hydrogens (tertiary/aromatic N) is 1. The van der Waals surface area contributed by atoms with Crippen molar-refractivity contribution in [1.82, 2.24) is 4.98 Å². The highest BCUT2D eigenvalue weighted by molar-refractivity contribution is 7.17. The molecule has 186 valence electrons. The molecule has 2 aromatic carbocycles. The minimum atomic E-state index is -0.449. The van der Waals surface area contributed by atoms with Gasteiger partial charge < -0.3 is 25.3 Å². The standard InChI is InChI=1S/C26H24ClN3O5S/c1-4-34-26(32)18-11-29-24(28)22-15(13-36-23(18)22)12-35-20-7-5-6-17(14(20)2)25(31)30-19-10-16(27)8-9-21(19)33-3/h5-11,13H,4,12H2,1-3H3,(H2,28,29)(H,30,31). The summed E-state index contributed by atoms with van der Waals surface area (Å²) in [6.45, 7) is 3.99. The number of rotatable bonds is 8. The van der Waals surface area contributed by atoms with Crippen molar-refractivity contribution < 1.29 is 23.8 Å². The Balaban J connectivity index is 1.57. The number of aromatic nitrogens is 1. The number of amides is 1. The zero-order valence-electron chi connectivity index (χ0n) is 19.9. The normalized spacial score (nSPS) is 10.8. The number of benzene rings is 2. The van der Waals surface area contributed by atoms with Gasteiger partial charge in [-0.1, -0.05) is 17.7 Å². The van der Waals surface area contributed by atoms with Crippen molar-refractivity contribution in [2.24, 2.45) is 0 Å². The van der Waals surface area contributed by atoms with Crippen LogP contribution in [-0.4, -0.2) is 30.6 Å². The van der Waals surface area contributed by atoms with Gasteiger partial charge in [0.15, 0.2) is 0 Å². The van der Waals surface area contributed by atoms with Crippen molar-refractivity contribution in [3.63, 3.8) is 0 Å². The summed E-state index contributed by atoms with van der Waals surface area (Å²) in [5, 5.41) is 5.85. The number of methoxy groups -OCH3 is 1. The van der Waals surface area contributed by atoms with Crippen LogP contribution in [0.1, 0.15) is 38.8 Å². The molecule has 4 aromatic rings. The van der Waals surface area contributed by atoms with E-state index in [9.17, 15) is 9.59 Å². The SMILES string of the molecule is CCOC(=O)c1cnc(N)c2c(COc3cccc(C(=O)Nc4cc(Cl)ccc4OC)c3C)csc12. The number of ether oxygens (including phenoxy) is 3. The summed E-state index contributed by atoms with van der Waals surface area (Å²) in [7, 11) is 1.52. The van der Waals surface area contributed by atoms with Crippen molar-refractivity contribution in [3.8, 4) is 11.5 Å². The molecule has 8 nitrogen and oxygen atoms in total. The summed E-state index contributed by atoms with van der Waals surface area (Å²) >= 11 is 7.45. The molecule has 0 aliphatic rings. The zero-order chi connectivity index (χ0) is 25.8. The van der Waals surface area contributed by atoms with E-state index in [-0.39, 0.29) is 19.1 Å². The summed E-state index contributed by atoms with van der Waals surface area (Å²) in [6, 6.07) is 10.2. The van der Waals surface area contributed by atoms with Gasteiger partial charge in [0, 0.05) is 33.3 Å². The van der Waals surface area contributed by atoms with Crippen LogP contribution in [-0.2, 0) is 11.3 Å². The lowest BCUT2D eigenvalue weighted by Crippen LogP contribution is -2.14. The third-order valence-electron chi connectivity index (χ3n) is 5.52. The fourth-order valence-electron chi connectivity index (χ4n) is 3.73. The molecule has 0 bridgehead atoms. The molecule has 10 heteroatoms. The first-order valence-corrected chi connectivity index (χ1v) is 12.3. The van der Waals surface area contributed by atoms with E-state index < -0.39 is 5.97 Å². The van der Waals surface area contributed by atoms with Crippen LogP contribution in [0, 0.1) is 6.92 Å². The van der Waals surface area contributed by atoms with Crippen molar-refractivity contribution in [2.75, 3.05) is 24.8 Å². The highest BCUT2D eigenvalue weighted by atomic mass is 35.5. The molecule has 0 saturated heterocycles. The van der Waals surface area contributed by atoms with Crippen LogP contribution in [0.3, 0.4) is 0 Å². The molecule has 2 heterocycles. The summed E-state index contributed by atoms with van der Waals surface area (Å²) in [6.07, 6.45) is 1.43. The lowest BCUT2D eigenvalue weighted by Gasteiger charge is -2.14. The third kappa shape index (κ3) is 5.07. The fourth-order valence-corrected chi connectivity index (χ4v) is 4.96. The van der Waals surface area contributed by atoms with Crippen molar-refractivity contribution in [1.29, 1.82) is 0 Å². The average molecular weight is 526 g/mol. The molecule has 0 fully saturated rings. The number of fused-ring (bicyclic) bond motifs is 1. The number of anilines is 2. The molecular formula is C26H24ClN3O5S. The highest BCUT2D eigenvalue weighted by Gasteiger charge is 2.19. The molecule has 0 aliphatic heterocycles. The lowest BCUT2D eigenvalue weighted by atomic mass is 10.1. The first-order chi connectivity index (χ1) is 17.3. The van der Waals surface area contributed by atoms with Gasteiger partial charge in [0.05, 0.1) is 29.7 Å². The molecule has 0 aliphatic carbocycles. The number of halogens is 1. The van der Waals surface area contributed by atoms with Gasteiger partial charge in [0.25, 0.3) is 5.91 Å². The van der Waals surface area contributed by atoms with Gasteiger partial charge in [-0.05, 0) is 49.6 Å². The average Bonchev–Trinajstić information content (AvgIpc) is 3.28. The van der Waals surface area contributed by atoms with Gasteiger partial charge in [-0.3, -0.25) is 4.79 Å². The number of pyridine rings is 1. The number of nitrogens with one attached hydrogen (secondary N) is 1. The number of carbonyl (C=O) groups excluding carboxylic acids is 2. The van der Waals surface area contributed by atoms with Gasteiger partial charge >= 0.3 is 5.97 Å². The topological polar surface area (TPSA) is 113 Å². The summed E-state index contributed by atoms with van der Waals surface area (Å²) in [5.74, 6) is 0.559. The monoisotopic (exact) mass is 525 g/mol. The van der Waals surface area contributed by atoms with Crippen molar-refractivity contribution in [3.05, 3.63) is 75.3 Å². The number of thiophene rings is 1. The molecule has 1 amide bonds. The molecule has 0 radical (unpaired) electrons. The molecule has 0 atom stereocenters. The third-order valence-corrected chi connectivity index (χ3v) is 6.81. The molecule has 0 saturated carbocycles. The number of carbonyl (C=O) groups is 2. The zero-order valence-corrected chi connectivity index (χ0v) is 21.5. The summed E-state index contributed by atoms with van der Waals surface area (Å²) in [5.41, 5.74) is 8.84. The Morgan fingerprint density at radius 2 is 1.97 bits per heavy atom. The Morgan fingerprint density at radius 1 is 1.17 bits per heavy atom. The van der Waals surface area contributed by atoms with Gasteiger partial charge in [0.2, 0.25) is 0 Å². The van der Waals surface area contributed by atoms with E-state index in [2.05, 4.69) is 10.3 Å². The number of esters is 1. The summed E-state index contributed by atoms with van der Waals surface area (Å²) in [4.78, 5) is 29.5. The smallest absolute Gasteiger partial charge is 0.341 e. The van der Waals surface area contributed by atoms with E-state index in [0.717, 1.165) is 5.56 Å². The second-order valence-corrected chi connectivity index (χ2v) is 9.07. The predicted octanol–water partition coefficient (Wildman–Crippen LogP) is 5.86. The second kappa shape index (κ2) is 10.8. The van der Waals surface area contributed by atoms with Crippen LogP contribution in [0.5, 0.6) is 11.5 Å². The van der Waals surface area contributed by atoms with E-state index in [1.54, 1.807) is 50.2 Å². The first kappa shape index (κ1) is 25.3. The molecule has 4 rings (SSSR count). The molecule has 0 spiro atoms. The number of hydrogen-bond acceptors (Lipinski definition) is 8. The maximum atomic E-state index is 13.0. The highest BCUT2D eigenvalue weighted by Crippen LogP contribution is 2.34. The lowest BCUT2D eigenvalue weighted by molar-refractivity contribution is 0.0528. The van der Waals surface area contributed by atoms with Gasteiger partial charge in [0.1, 0.15) is 23.9 Å². The van der Waals surface area contributed by atoms with E-state index in [4.69, 9.17) is 31.5 Å². The minimum Gasteiger partial charge on any atom is -0.495 e. The maximum Gasteiger partial charge on any atom is 0.341 e. The maximum absolute atomic E-state index is 13.0. The van der Waals surface area contributed by atoms with Crippen LogP contribution >= 0.6 is 22.9 Å². The van der Waals surface area contributed by atoms with Crippen LogP contribution < -0.4 is 20.5 Å². The summed E-state index contributed by atoms with van der Waals surface area (Å²) < 4.78 is 17.2. The van der Waals surface area contributed by atoms with E-state index in [1.165, 1.54) is 24.6 Å². The molecule has 0 unspecified atom stereocenters. The van der Waals surface area contributed by atoms with Crippen LogP contribution in [0.4, 0.5) is 11.5 Å². The van der Waals surface area contributed by atoms with Crippen LogP contribution in [0.15, 0.2) is 48.0 Å². The van der Waals surface area contributed by atoms with Crippen LogP contribution in [0.25, 0.3) is 10.1 Å². The molecule has 36 heavy (non-hydrogen) atoms. The molecular weight excluding hydrogens is 502 g/mol. The van der Waals surface area contributed by atoms with E-state index >= 15 is 0 Å². The Kier molecular flexibility index (Phi) is 7.61. The number of nitrogens with two attached hydrogens (primary N) is 1. The molecule has 2 aromatic heterocycles. The minimum absolute atomic E-state index is 0.173. The molecule has 3 N–H and O–H groups in total. The van der Waals surface area contributed by atoms with E-state index in [1.807, 2.05) is 5.38 Å². The van der Waals surface area contributed by atoms with E-state index in [0.29, 0.717) is 54.8 Å². The fraction of sp³-hybridized carbons (Fsp3) is 0.192. The first-order valence-electron chi connectivity index (χ1n) is 11.0.